The molecule has 0 saturated heterocycles. The molecule has 0 aromatic heterocycles. The Balaban J connectivity index is 4.14. The maximum absolute atomic E-state index is 12.1. The van der Waals surface area contributed by atoms with Crippen molar-refractivity contribution in [3.8, 4) is 0 Å². The zero-order chi connectivity index (χ0) is 9.83. The van der Waals surface area contributed by atoms with Crippen molar-refractivity contribution in [3.05, 3.63) is 0 Å². The van der Waals surface area contributed by atoms with Gasteiger partial charge in [0.05, 0.1) is 0 Å². The topological polar surface area (TPSA) is 0 Å². The Kier molecular flexibility index (Phi) is 4.08. The Morgan fingerprint density at radius 1 is 1.08 bits per heavy atom. The van der Waals surface area contributed by atoms with Crippen LogP contribution in [0.3, 0.4) is 0 Å². The van der Waals surface area contributed by atoms with E-state index in [1.807, 2.05) is 13.8 Å². The van der Waals surface area contributed by atoms with Crippen molar-refractivity contribution in [2.24, 2.45) is 5.41 Å². The van der Waals surface area contributed by atoms with E-state index < -0.39 is 18.0 Å². The van der Waals surface area contributed by atoms with Gasteiger partial charge >= 0.3 is 6.18 Å². The average molecular weight is 182 g/mol. The minimum absolute atomic E-state index is 0.549. The van der Waals surface area contributed by atoms with E-state index in [1.54, 1.807) is 6.92 Å². The largest absolute Gasteiger partial charge is 0.389 e. The lowest BCUT2D eigenvalue weighted by atomic mass is 9.80. The van der Waals surface area contributed by atoms with Gasteiger partial charge in [-0.3, -0.25) is 0 Å². The van der Waals surface area contributed by atoms with Crippen molar-refractivity contribution >= 4 is 0 Å². The molecule has 0 N–H and O–H groups in total. The third kappa shape index (κ3) is 4.62. The average Bonchev–Trinajstić information content (AvgIpc) is 1.84. The van der Waals surface area contributed by atoms with Crippen molar-refractivity contribution in [1.82, 2.24) is 0 Å². The molecule has 0 bridgehead atoms. The molecule has 0 aromatic carbocycles. The van der Waals surface area contributed by atoms with E-state index in [1.165, 1.54) is 0 Å². The zero-order valence-corrected chi connectivity index (χ0v) is 7.96. The minimum atomic E-state index is -4.01. The standard InChI is InChI=1S/C9H17F3/c1-4-6-8(3,5-2)7-9(10,11)12/h4-7H2,1-3H3. The molecule has 0 rings (SSSR count). The fraction of sp³-hybridized carbons (Fsp3) is 1.00. The van der Waals surface area contributed by atoms with Gasteiger partial charge in [-0.05, 0) is 11.8 Å². The molecule has 0 radical (unpaired) electrons. The summed E-state index contributed by atoms with van der Waals surface area (Å²) in [5.74, 6) is 0. The summed E-state index contributed by atoms with van der Waals surface area (Å²) >= 11 is 0. The SMILES string of the molecule is CCCC(C)(CC)CC(F)(F)F. The molecule has 0 aliphatic rings. The van der Waals surface area contributed by atoms with E-state index in [2.05, 4.69) is 0 Å². The van der Waals surface area contributed by atoms with Gasteiger partial charge in [0, 0.05) is 6.42 Å². The molecule has 0 saturated carbocycles. The summed E-state index contributed by atoms with van der Waals surface area (Å²) in [6.07, 6.45) is -2.59. The molecule has 0 aromatic rings. The molecular formula is C9H17F3. The predicted octanol–water partition coefficient (Wildman–Crippen LogP) is 4.16. The Hall–Kier alpha value is -0.210. The minimum Gasteiger partial charge on any atom is -0.171 e. The molecule has 0 spiro atoms. The normalized spacial score (nSPS) is 17.5. The quantitative estimate of drug-likeness (QED) is 0.612. The molecule has 0 heterocycles. The number of halogens is 3. The van der Waals surface area contributed by atoms with Crippen molar-refractivity contribution in [3.63, 3.8) is 0 Å². The number of hydrogen-bond donors (Lipinski definition) is 0. The molecule has 3 heteroatoms. The summed E-state index contributed by atoms with van der Waals surface area (Å²) in [5, 5.41) is 0. The van der Waals surface area contributed by atoms with E-state index in [0.717, 1.165) is 6.42 Å². The van der Waals surface area contributed by atoms with Crippen molar-refractivity contribution < 1.29 is 13.2 Å². The second-order valence-electron chi connectivity index (χ2n) is 3.71. The van der Waals surface area contributed by atoms with Crippen LogP contribution in [0.4, 0.5) is 13.2 Å². The zero-order valence-electron chi connectivity index (χ0n) is 7.96. The van der Waals surface area contributed by atoms with E-state index in [0.29, 0.717) is 12.8 Å². The smallest absolute Gasteiger partial charge is 0.171 e. The number of hydrogen-bond acceptors (Lipinski definition) is 0. The second kappa shape index (κ2) is 4.15. The van der Waals surface area contributed by atoms with Gasteiger partial charge < -0.3 is 0 Å². The molecule has 0 amide bonds. The Morgan fingerprint density at radius 2 is 1.58 bits per heavy atom. The van der Waals surface area contributed by atoms with Crippen LogP contribution in [0.2, 0.25) is 0 Å². The van der Waals surface area contributed by atoms with E-state index in [9.17, 15) is 13.2 Å². The third-order valence-electron chi connectivity index (χ3n) is 2.33. The highest BCUT2D eigenvalue weighted by Crippen LogP contribution is 2.39. The maximum Gasteiger partial charge on any atom is 0.389 e. The fourth-order valence-electron chi connectivity index (χ4n) is 1.48. The van der Waals surface area contributed by atoms with Crippen LogP contribution in [0.1, 0.15) is 46.5 Å². The molecule has 1 unspecified atom stereocenters. The van der Waals surface area contributed by atoms with Gasteiger partial charge in [0.1, 0.15) is 0 Å². The van der Waals surface area contributed by atoms with Gasteiger partial charge in [-0.1, -0.05) is 33.6 Å². The van der Waals surface area contributed by atoms with Gasteiger partial charge in [-0.2, -0.15) is 13.2 Å². The van der Waals surface area contributed by atoms with Crippen molar-refractivity contribution in [2.75, 3.05) is 0 Å². The van der Waals surface area contributed by atoms with E-state index in [-0.39, 0.29) is 0 Å². The monoisotopic (exact) mass is 182 g/mol. The molecular weight excluding hydrogens is 165 g/mol. The highest BCUT2D eigenvalue weighted by atomic mass is 19.4. The summed E-state index contributed by atoms with van der Waals surface area (Å²) in [6, 6.07) is 0. The van der Waals surface area contributed by atoms with Crippen LogP contribution in [-0.2, 0) is 0 Å². The van der Waals surface area contributed by atoms with Gasteiger partial charge in [0.2, 0.25) is 0 Å². The molecule has 0 nitrogen and oxygen atoms in total. The van der Waals surface area contributed by atoms with Crippen LogP contribution in [-0.4, -0.2) is 6.18 Å². The lowest BCUT2D eigenvalue weighted by Crippen LogP contribution is -2.24. The third-order valence-corrected chi connectivity index (χ3v) is 2.33. The first-order chi connectivity index (χ1) is 5.33. The summed E-state index contributed by atoms with van der Waals surface area (Å²) in [4.78, 5) is 0. The Morgan fingerprint density at radius 3 is 1.83 bits per heavy atom. The van der Waals surface area contributed by atoms with Crippen LogP contribution < -0.4 is 0 Å². The van der Waals surface area contributed by atoms with Crippen LogP contribution >= 0.6 is 0 Å². The second-order valence-corrected chi connectivity index (χ2v) is 3.71. The first kappa shape index (κ1) is 11.8. The Bertz CT molecular complexity index is 128. The molecule has 12 heavy (non-hydrogen) atoms. The maximum atomic E-state index is 12.1. The van der Waals surface area contributed by atoms with Crippen LogP contribution in [0.5, 0.6) is 0 Å². The molecule has 74 valence electrons. The summed E-state index contributed by atoms with van der Waals surface area (Å²) in [5.41, 5.74) is -0.549. The van der Waals surface area contributed by atoms with Crippen LogP contribution in [0.15, 0.2) is 0 Å². The lowest BCUT2D eigenvalue weighted by molar-refractivity contribution is -0.157. The lowest BCUT2D eigenvalue weighted by Gasteiger charge is -2.28. The predicted molar refractivity (Wildman–Crippen MR) is 44.0 cm³/mol. The van der Waals surface area contributed by atoms with E-state index >= 15 is 0 Å². The molecule has 0 aliphatic heterocycles. The highest BCUT2D eigenvalue weighted by molar-refractivity contribution is 4.75. The summed E-state index contributed by atoms with van der Waals surface area (Å²) in [6.45, 7) is 5.45. The van der Waals surface area contributed by atoms with Gasteiger partial charge in [0.25, 0.3) is 0 Å². The van der Waals surface area contributed by atoms with E-state index in [4.69, 9.17) is 0 Å². The van der Waals surface area contributed by atoms with Crippen LogP contribution in [0.25, 0.3) is 0 Å². The molecule has 1 atom stereocenters. The molecule has 0 fully saturated rings. The first-order valence-electron chi connectivity index (χ1n) is 4.40. The van der Waals surface area contributed by atoms with Gasteiger partial charge in [-0.15, -0.1) is 0 Å². The number of alkyl halides is 3. The summed E-state index contributed by atoms with van der Waals surface area (Å²) < 4.78 is 36.2. The number of rotatable bonds is 4. The van der Waals surface area contributed by atoms with Crippen LogP contribution in [0, 0.1) is 5.41 Å². The molecule has 0 aliphatic carbocycles. The first-order valence-corrected chi connectivity index (χ1v) is 4.40. The van der Waals surface area contributed by atoms with Gasteiger partial charge in [0.15, 0.2) is 0 Å². The van der Waals surface area contributed by atoms with Gasteiger partial charge in [-0.25, -0.2) is 0 Å². The Labute approximate surface area is 72.2 Å². The fourth-order valence-corrected chi connectivity index (χ4v) is 1.48. The summed E-state index contributed by atoms with van der Waals surface area (Å²) in [7, 11) is 0. The van der Waals surface area contributed by atoms with Crippen molar-refractivity contribution in [2.45, 2.75) is 52.6 Å². The highest BCUT2D eigenvalue weighted by Gasteiger charge is 2.37. The van der Waals surface area contributed by atoms with Crippen molar-refractivity contribution in [1.29, 1.82) is 0 Å².